The lowest BCUT2D eigenvalue weighted by atomic mass is 10.2. The van der Waals surface area contributed by atoms with Crippen molar-refractivity contribution in [1.29, 1.82) is 0 Å². The zero-order valence-corrected chi connectivity index (χ0v) is 11.2. The normalized spacial score (nSPS) is 10.0. The second-order valence-electron chi connectivity index (χ2n) is 3.36. The van der Waals surface area contributed by atoms with Crippen molar-refractivity contribution in [2.75, 3.05) is 14.1 Å². The van der Waals surface area contributed by atoms with Gasteiger partial charge in [-0.05, 0) is 29.9 Å². The van der Waals surface area contributed by atoms with Crippen molar-refractivity contribution in [1.82, 2.24) is 4.90 Å². The fourth-order valence-corrected chi connectivity index (χ4v) is 1.57. The molecule has 0 radical (unpaired) electrons. The maximum absolute atomic E-state index is 9.36. The molecule has 3 nitrogen and oxygen atoms in total. The minimum atomic E-state index is -0.123. The zero-order chi connectivity index (χ0) is 12.3. The van der Waals surface area contributed by atoms with Crippen LogP contribution in [-0.4, -0.2) is 29.3 Å². The number of halogens is 2. The van der Waals surface area contributed by atoms with Gasteiger partial charge < -0.3 is 14.7 Å². The second-order valence-corrected chi connectivity index (χ2v) is 4.52. The molecule has 1 N–H and O–H groups in total. The van der Waals surface area contributed by atoms with E-state index >= 15 is 0 Å². The Hall–Kier alpha value is -0.710. The number of ether oxygens (including phenoxy) is 1. The van der Waals surface area contributed by atoms with E-state index in [9.17, 15) is 5.11 Å². The zero-order valence-electron chi connectivity index (χ0n) is 8.83. The molecular weight excluding hydrogens is 269 g/mol. The number of hydrogen-bond acceptors (Lipinski definition) is 3. The maximum Gasteiger partial charge on any atom is 0.259 e. The number of nitrogens with zero attached hydrogens (tertiary/aromatic N) is 1. The molecule has 16 heavy (non-hydrogen) atoms. The van der Waals surface area contributed by atoms with E-state index in [0.29, 0.717) is 5.17 Å². The molecule has 0 aliphatic heterocycles. The quantitative estimate of drug-likeness (QED) is 0.844. The van der Waals surface area contributed by atoms with Crippen LogP contribution in [0.2, 0.25) is 10.0 Å². The van der Waals surface area contributed by atoms with Crippen LogP contribution in [0.1, 0.15) is 5.56 Å². The lowest BCUT2D eigenvalue weighted by Crippen LogP contribution is -2.22. The Morgan fingerprint density at radius 2 is 1.88 bits per heavy atom. The molecule has 1 aromatic rings. The third-order valence-corrected chi connectivity index (χ3v) is 2.86. The highest BCUT2D eigenvalue weighted by Crippen LogP contribution is 2.32. The molecule has 1 rings (SSSR count). The Kier molecular flexibility index (Phi) is 4.65. The summed E-state index contributed by atoms with van der Waals surface area (Å²) in [4.78, 5) is 1.68. The molecule has 0 aliphatic carbocycles. The Morgan fingerprint density at radius 1 is 1.38 bits per heavy atom. The van der Waals surface area contributed by atoms with Gasteiger partial charge in [-0.3, -0.25) is 0 Å². The average molecular weight is 280 g/mol. The van der Waals surface area contributed by atoms with E-state index in [1.807, 2.05) is 0 Å². The van der Waals surface area contributed by atoms with Gasteiger partial charge in [0, 0.05) is 14.1 Å². The van der Waals surface area contributed by atoms with Crippen molar-refractivity contribution in [2.24, 2.45) is 0 Å². The number of phenolic OH excluding ortho intramolecular Hbond substituents is 1. The molecule has 88 valence electrons. The number of aromatic hydroxyl groups is 1. The average Bonchev–Trinajstić information content (AvgIpc) is 2.22. The van der Waals surface area contributed by atoms with Crippen LogP contribution < -0.4 is 0 Å². The Morgan fingerprint density at radius 3 is 2.31 bits per heavy atom. The van der Waals surface area contributed by atoms with Crippen molar-refractivity contribution in [3.05, 3.63) is 27.7 Å². The van der Waals surface area contributed by atoms with Crippen LogP contribution in [-0.2, 0) is 11.3 Å². The fourth-order valence-electron chi connectivity index (χ4n) is 0.976. The molecule has 0 aliphatic rings. The van der Waals surface area contributed by atoms with E-state index in [-0.39, 0.29) is 22.4 Å². The van der Waals surface area contributed by atoms with E-state index in [1.165, 1.54) is 0 Å². The lowest BCUT2D eigenvalue weighted by molar-refractivity contribution is 0.257. The van der Waals surface area contributed by atoms with Crippen LogP contribution in [0, 0.1) is 0 Å². The first-order valence-electron chi connectivity index (χ1n) is 4.42. The van der Waals surface area contributed by atoms with Gasteiger partial charge in [0.05, 0.1) is 10.0 Å². The van der Waals surface area contributed by atoms with Crippen molar-refractivity contribution in [3.63, 3.8) is 0 Å². The minimum absolute atomic E-state index is 0.123. The third kappa shape index (κ3) is 3.40. The van der Waals surface area contributed by atoms with Gasteiger partial charge in [-0.15, -0.1) is 0 Å². The predicted octanol–water partition coefficient (Wildman–Crippen LogP) is 3.06. The molecule has 1 aromatic carbocycles. The van der Waals surface area contributed by atoms with E-state index in [0.717, 1.165) is 5.56 Å². The first-order valence-corrected chi connectivity index (χ1v) is 5.59. The van der Waals surface area contributed by atoms with Crippen LogP contribution in [0.5, 0.6) is 5.75 Å². The van der Waals surface area contributed by atoms with Crippen LogP contribution in [0.25, 0.3) is 0 Å². The first kappa shape index (κ1) is 13.4. The summed E-state index contributed by atoms with van der Waals surface area (Å²) >= 11 is 16.5. The van der Waals surface area contributed by atoms with Gasteiger partial charge in [-0.2, -0.15) is 0 Å². The number of phenols is 1. The maximum atomic E-state index is 9.36. The van der Waals surface area contributed by atoms with Crippen molar-refractivity contribution in [2.45, 2.75) is 6.61 Å². The summed E-state index contributed by atoms with van der Waals surface area (Å²) in [5, 5.41) is 10.1. The molecule has 0 fully saturated rings. The molecule has 0 spiro atoms. The van der Waals surface area contributed by atoms with E-state index in [4.69, 9.17) is 40.2 Å². The highest BCUT2D eigenvalue weighted by molar-refractivity contribution is 7.79. The Balaban J connectivity index is 2.72. The van der Waals surface area contributed by atoms with E-state index < -0.39 is 0 Å². The van der Waals surface area contributed by atoms with Gasteiger partial charge in [0.15, 0.2) is 5.75 Å². The molecule has 0 unspecified atom stereocenters. The molecule has 0 saturated heterocycles. The van der Waals surface area contributed by atoms with Gasteiger partial charge >= 0.3 is 0 Å². The third-order valence-electron chi connectivity index (χ3n) is 1.80. The highest BCUT2D eigenvalue weighted by Gasteiger charge is 2.08. The molecule has 0 bridgehead atoms. The standard InChI is InChI=1S/C10H11Cl2NO2S/c1-13(2)10(16)15-5-6-3-7(11)9(14)8(12)4-6/h3-4,14H,5H2,1-2H3. The van der Waals surface area contributed by atoms with Crippen molar-refractivity contribution >= 4 is 40.6 Å². The highest BCUT2D eigenvalue weighted by atomic mass is 35.5. The van der Waals surface area contributed by atoms with Crippen LogP contribution >= 0.6 is 35.4 Å². The topological polar surface area (TPSA) is 32.7 Å². The summed E-state index contributed by atoms with van der Waals surface area (Å²) in [5.74, 6) is -0.123. The lowest BCUT2D eigenvalue weighted by Gasteiger charge is -2.14. The monoisotopic (exact) mass is 279 g/mol. The Labute approximate surface area is 110 Å². The molecule has 0 atom stereocenters. The molecule has 6 heteroatoms. The summed E-state index contributed by atoms with van der Waals surface area (Å²) in [7, 11) is 3.58. The SMILES string of the molecule is CN(C)C(=S)OCc1cc(Cl)c(O)c(Cl)c1. The van der Waals surface area contributed by atoms with Gasteiger partial charge in [0.2, 0.25) is 0 Å². The van der Waals surface area contributed by atoms with E-state index in [1.54, 1.807) is 31.1 Å². The van der Waals surface area contributed by atoms with E-state index in [2.05, 4.69) is 0 Å². The summed E-state index contributed by atoms with van der Waals surface area (Å²) in [5.41, 5.74) is 0.747. The fraction of sp³-hybridized carbons (Fsp3) is 0.300. The summed E-state index contributed by atoms with van der Waals surface area (Å²) in [6, 6.07) is 3.17. The molecule has 0 amide bonds. The summed E-state index contributed by atoms with van der Waals surface area (Å²) in [6.45, 7) is 0.261. The summed E-state index contributed by atoms with van der Waals surface area (Å²) in [6.07, 6.45) is 0. The van der Waals surface area contributed by atoms with Crippen molar-refractivity contribution < 1.29 is 9.84 Å². The molecule has 0 saturated carbocycles. The number of thiocarbonyl (C=S) groups is 1. The first-order chi connectivity index (χ1) is 7.41. The summed E-state index contributed by atoms with van der Waals surface area (Å²) < 4.78 is 5.30. The molecule has 0 heterocycles. The van der Waals surface area contributed by atoms with Gasteiger partial charge in [0.1, 0.15) is 6.61 Å². The number of rotatable bonds is 2. The molecular formula is C10H11Cl2NO2S. The van der Waals surface area contributed by atoms with Crippen LogP contribution in [0.4, 0.5) is 0 Å². The van der Waals surface area contributed by atoms with Crippen LogP contribution in [0.15, 0.2) is 12.1 Å². The Bertz CT molecular complexity index is 387. The largest absolute Gasteiger partial charge is 0.505 e. The van der Waals surface area contributed by atoms with Gasteiger partial charge in [-0.1, -0.05) is 23.2 Å². The van der Waals surface area contributed by atoms with Crippen LogP contribution in [0.3, 0.4) is 0 Å². The number of benzene rings is 1. The van der Waals surface area contributed by atoms with Gasteiger partial charge in [0.25, 0.3) is 5.17 Å². The minimum Gasteiger partial charge on any atom is -0.505 e. The predicted molar refractivity (Wildman–Crippen MR) is 69.2 cm³/mol. The number of hydrogen-bond donors (Lipinski definition) is 1. The smallest absolute Gasteiger partial charge is 0.259 e. The van der Waals surface area contributed by atoms with Gasteiger partial charge in [-0.25, -0.2) is 0 Å². The molecule has 0 aromatic heterocycles. The van der Waals surface area contributed by atoms with Crippen molar-refractivity contribution in [3.8, 4) is 5.75 Å². The second kappa shape index (κ2) is 5.57.